The highest BCUT2D eigenvalue weighted by atomic mass is 32.1. The van der Waals surface area contributed by atoms with E-state index in [-0.39, 0.29) is 25.5 Å². The Morgan fingerprint density at radius 2 is 1.96 bits per heavy atom. The molecule has 146 valence electrons. The third-order valence-corrected chi connectivity index (χ3v) is 4.78. The molecule has 0 fully saturated rings. The van der Waals surface area contributed by atoms with Gasteiger partial charge in [0.15, 0.2) is 6.61 Å². The number of aromatic nitrogens is 2. The zero-order chi connectivity index (χ0) is 19.8. The summed E-state index contributed by atoms with van der Waals surface area (Å²) >= 11 is 1.50. The topological polar surface area (TPSA) is 85.5 Å². The van der Waals surface area contributed by atoms with Crippen LogP contribution in [0.2, 0.25) is 0 Å². The van der Waals surface area contributed by atoms with Crippen LogP contribution < -0.4 is 0 Å². The van der Waals surface area contributed by atoms with Crippen molar-refractivity contribution >= 4 is 23.2 Å². The van der Waals surface area contributed by atoms with Crippen molar-refractivity contribution < 1.29 is 18.7 Å². The number of hydrogen-bond donors (Lipinski definition) is 0. The standard InChI is InChI=1S/C20H21N3O4S/c1-2-10-23(13-17-21-22-20(27-17)16-9-6-11-28-16)18(24)14-26-19(25)12-15-7-4-3-5-8-15/h3-9,11H,2,10,12-14H2,1H3. The van der Waals surface area contributed by atoms with Crippen molar-refractivity contribution in [3.05, 3.63) is 59.3 Å². The van der Waals surface area contributed by atoms with Gasteiger partial charge in [-0.25, -0.2) is 0 Å². The summed E-state index contributed by atoms with van der Waals surface area (Å²) in [7, 11) is 0. The maximum atomic E-state index is 12.5. The third-order valence-electron chi connectivity index (χ3n) is 3.92. The Bertz CT molecular complexity index is 893. The van der Waals surface area contributed by atoms with E-state index in [9.17, 15) is 9.59 Å². The lowest BCUT2D eigenvalue weighted by atomic mass is 10.2. The van der Waals surface area contributed by atoms with Crippen molar-refractivity contribution in [2.24, 2.45) is 0 Å². The van der Waals surface area contributed by atoms with Crippen molar-refractivity contribution in [1.82, 2.24) is 15.1 Å². The van der Waals surface area contributed by atoms with Crippen LogP contribution in [0.4, 0.5) is 0 Å². The molecule has 2 aromatic heterocycles. The number of thiophene rings is 1. The van der Waals surface area contributed by atoms with E-state index in [0.717, 1.165) is 16.9 Å². The quantitative estimate of drug-likeness (QED) is 0.513. The highest BCUT2D eigenvalue weighted by Crippen LogP contribution is 2.23. The van der Waals surface area contributed by atoms with Crippen LogP contribution in [0.25, 0.3) is 10.8 Å². The van der Waals surface area contributed by atoms with Crippen LogP contribution in [0.5, 0.6) is 0 Å². The minimum atomic E-state index is -0.436. The van der Waals surface area contributed by atoms with Crippen molar-refractivity contribution in [3.63, 3.8) is 0 Å². The summed E-state index contributed by atoms with van der Waals surface area (Å²) in [5.41, 5.74) is 0.845. The SMILES string of the molecule is CCCN(Cc1nnc(-c2cccs2)o1)C(=O)COC(=O)Cc1ccccc1. The normalized spacial score (nSPS) is 10.6. The summed E-state index contributed by atoms with van der Waals surface area (Å²) < 4.78 is 10.8. The first-order valence-electron chi connectivity index (χ1n) is 8.99. The lowest BCUT2D eigenvalue weighted by molar-refractivity contribution is -0.151. The molecule has 1 amide bonds. The van der Waals surface area contributed by atoms with Gasteiger partial charge in [-0.15, -0.1) is 21.5 Å². The summed E-state index contributed by atoms with van der Waals surface area (Å²) in [6.45, 7) is 2.34. The van der Waals surface area contributed by atoms with E-state index in [1.807, 2.05) is 54.8 Å². The number of benzene rings is 1. The van der Waals surface area contributed by atoms with E-state index in [1.54, 1.807) is 4.90 Å². The average Bonchev–Trinajstić information content (AvgIpc) is 3.38. The second kappa shape index (κ2) is 9.80. The van der Waals surface area contributed by atoms with Gasteiger partial charge in [-0.1, -0.05) is 43.3 Å². The highest BCUT2D eigenvalue weighted by Gasteiger charge is 2.19. The number of nitrogens with zero attached hydrogens (tertiary/aromatic N) is 3. The summed E-state index contributed by atoms with van der Waals surface area (Å²) in [4.78, 5) is 26.9. The van der Waals surface area contributed by atoms with Crippen LogP contribution in [-0.2, 0) is 27.3 Å². The molecule has 1 aromatic carbocycles. The number of ether oxygens (including phenoxy) is 1. The number of hydrogen-bond acceptors (Lipinski definition) is 7. The smallest absolute Gasteiger partial charge is 0.310 e. The molecule has 0 aliphatic heterocycles. The van der Waals surface area contributed by atoms with E-state index in [0.29, 0.717) is 18.3 Å². The van der Waals surface area contributed by atoms with Gasteiger partial charge in [0.05, 0.1) is 17.8 Å². The molecule has 8 heteroatoms. The fraction of sp³-hybridized carbons (Fsp3) is 0.300. The minimum Gasteiger partial charge on any atom is -0.455 e. The molecule has 7 nitrogen and oxygen atoms in total. The number of esters is 1. The predicted octanol–water partition coefficient (Wildman–Crippen LogP) is 3.32. The largest absolute Gasteiger partial charge is 0.455 e. The van der Waals surface area contributed by atoms with Crippen molar-refractivity contribution in [2.45, 2.75) is 26.3 Å². The van der Waals surface area contributed by atoms with Crippen LogP contribution in [-0.4, -0.2) is 40.1 Å². The minimum absolute atomic E-state index is 0.135. The summed E-state index contributed by atoms with van der Waals surface area (Å²) in [6, 6.07) is 13.1. The Hall–Kier alpha value is -3.00. The summed E-state index contributed by atoms with van der Waals surface area (Å²) in [6.07, 6.45) is 0.894. The molecule has 0 radical (unpaired) electrons. The van der Waals surface area contributed by atoms with Gasteiger partial charge in [0, 0.05) is 6.54 Å². The highest BCUT2D eigenvalue weighted by molar-refractivity contribution is 7.13. The van der Waals surface area contributed by atoms with Gasteiger partial charge < -0.3 is 14.1 Å². The second-order valence-electron chi connectivity index (χ2n) is 6.12. The van der Waals surface area contributed by atoms with Crippen LogP contribution in [0.15, 0.2) is 52.3 Å². The van der Waals surface area contributed by atoms with Crippen molar-refractivity contribution in [3.8, 4) is 10.8 Å². The molecule has 0 bridgehead atoms. The van der Waals surface area contributed by atoms with Gasteiger partial charge in [-0.2, -0.15) is 0 Å². The van der Waals surface area contributed by atoms with Crippen molar-refractivity contribution in [1.29, 1.82) is 0 Å². The fourth-order valence-electron chi connectivity index (χ4n) is 2.59. The second-order valence-corrected chi connectivity index (χ2v) is 7.06. The number of rotatable bonds is 9. The lowest BCUT2D eigenvalue weighted by Crippen LogP contribution is -2.35. The molecule has 2 heterocycles. The molecule has 0 atom stereocenters. The molecular formula is C20H21N3O4S. The van der Waals surface area contributed by atoms with Gasteiger partial charge in [-0.05, 0) is 23.4 Å². The third kappa shape index (κ3) is 5.50. The van der Waals surface area contributed by atoms with Crippen LogP contribution in [0.3, 0.4) is 0 Å². The Morgan fingerprint density at radius 3 is 2.68 bits per heavy atom. The Kier molecular flexibility index (Phi) is 6.91. The van der Waals surface area contributed by atoms with Gasteiger partial charge in [0.25, 0.3) is 11.8 Å². The first-order chi connectivity index (χ1) is 13.7. The van der Waals surface area contributed by atoms with Crippen molar-refractivity contribution in [2.75, 3.05) is 13.2 Å². The Morgan fingerprint density at radius 1 is 1.14 bits per heavy atom. The van der Waals surface area contributed by atoms with Crippen LogP contribution in [0, 0.1) is 0 Å². The maximum absolute atomic E-state index is 12.5. The van der Waals surface area contributed by atoms with Crippen LogP contribution >= 0.6 is 11.3 Å². The van der Waals surface area contributed by atoms with Gasteiger partial charge in [-0.3, -0.25) is 9.59 Å². The molecule has 0 N–H and O–H groups in total. The molecule has 3 rings (SSSR count). The summed E-state index contributed by atoms with van der Waals surface area (Å²) in [5, 5.41) is 9.97. The number of carbonyl (C=O) groups excluding carboxylic acids is 2. The maximum Gasteiger partial charge on any atom is 0.310 e. The monoisotopic (exact) mass is 399 g/mol. The zero-order valence-electron chi connectivity index (χ0n) is 15.5. The predicted molar refractivity (Wildman–Crippen MR) is 104 cm³/mol. The first kappa shape index (κ1) is 19.8. The van der Waals surface area contributed by atoms with E-state index < -0.39 is 5.97 Å². The fourth-order valence-corrected chi connectivity index (χ4v) is 3.23. The Balaban J connectivity index is 1.54. The molecule has 0 saturated heterocycles. The molecule has 0 spiro atoms. The molecule has 0 aliphatic carbocycles. The summed E-state index contributed by atoms with van der Waals surface area (Å²) in [5.74, 6) is 0.0527. The van der Waals surface area contributed by atoms with E-state index in [4.69, 9.17) is 9.15 Å². The van der Waals surface area contributed by atoms with Gasteiger partial charge in [0.1, 0.15) is 0 Å². The van der Waals surface area contributed by atoms with Gasteiger partial charge >= 0.3 is 5.97 Å². The Labute approximate surface area is 167 Å². The average molecular weight is 399 g/mol. The number of amides is 1. The molecule has 3 aromatic rings. The van der Waals surface area contributed by atoms with Crippen LogP contribution in [0.1, 0.15) is 24.8 Å². The zero-order valence-corrected chi connectivity index (χ0v) is 16.4. The van der Waals surface area contributed by atoms with E-state index in [2.05, 4.69) is 10.2 Å². The van der Waals surface area contributed by atoms with E-state index >= 15 is 0 Å². The molecular weight excluding hydrogens is 378 g/mol. The molecule has 0 aliphatic rings. The van der Waals surface area contributed by atoms with E-state index in [1.165, 1.54) is 11.3 Å². The first-order valence-corrected chi connectivity index (χ1v) is 9.87. The lowest BCUT2D eigenvalue weighted by Gasteiger charge is -2.20. The number of carbonyl (C=O) groups is 2. The molecule has 28 heavy (non-hydrogen) atoms. The molecule has 0 unspecified atom stereocenters. The molecule has 0 saturated carbocycles. The van der Waals surface area contributed by atoms with Gasteiger partial charge in [0.2, 0.25) is 5.89 Å².